The number of nitrogens with one attached hydrogen (secondary N) is 3. The number of aromatic nitrogens is 1. The van der Waals surface area contributed by atoms with Crippen molar-refractivity contribution in [1.82, 2.24) is 20.7 Å². The first-order valence-corrected chi connectivity index (χ1v) is 10.3. The van der Waals surface area contributed by atoms with E-state index in [-0.39, 0.29) is 17.5 Å². The average Bonchev–Trinajstić information content (AvgIpc) is 3.29. The molecular formula is C22H30N4O6. The Morgan fingerprint density at radius 1 is 1.03 bits per heavy atom. The van der Waals surface area contributed by atoms with E-state index >= 15 is 0 Å². The Morgan fingerprint density at radius 2 is 1.72 bits per heavy atom. The summed E-state index contributed by atoms with van der Waals surface area (Å²) in [6, 6.07) is 6.39. The molecule has 1 aliphatic rings. The largest absolute Gasteiger partial charge is 0.496 e. The van der Waals surface area contributed by atoms with Crippen molar-refractivity contribution < 1.29 is 23.7 Å². The first-order valence-electron chi connectivity index (χ1n) is 10.3. The van der Waals surface area contributed by atoms with Gasteiger partial charge in [0.1, 0.15) is 11.8 Å². The second-order valence-electron chi connectivity index (χ2n) is 7.41. The van der Waals surface area contributed by atoms with Gasteiger partial charge in [-0.05, 0) is 37.1 Å². The predicted molar refractivity (Wildman–Crippen MR) is 119 cm³/mol. The molecule has 1 aromatic carbocycles. The van der Waals surface area contributed by atoms with Gasteiger partial charge in [-0.25, -0.2) is 10.9 Å². The van der Waals surface area contributed by atoms with Crippen molar-refractivity contribution in [2.75, 3.05) is 35.0 Å². The van der Waals surface area contributed by atoms with Gasteiger partial charge in [0, 0.05) is 30.9 Å². The lowest BCUT2D eigenvalue weighted by Crippen LogP contribution is -2.44. The minimum atomic E-state index is -0.423. The zero-order valence-corrected chi connectivity index (χ0v) is 19.0. The summed E-state index contributed by atoms with van der Waals surface area (Å²) in [6.07, 6.45) is 0.534. The molecule has 2 aromatic rings. The summed E-state index contributed by atoms with van der Waals surface area (Å²) in [6.45, 7) is 2.53. The molecule has 10 nitrogen and oxygen atoms in total. The number of aryl methyl sites for hydroxylation is 1. The maximum atomic E-state index is 12.6. The van der Waals surface area contributed by atoms with Crippen molar-refractivity contribution in [3.05, 3.63) is 45.9 Å². The molecule has 0 bridgehead atoms. The van der Waals surface area contributed by atoms with Crippen LogP contribution in [0.3, 0.4) is 0 Å². The van der Waals surface area contributed by atoms with Crippen molar-refractivity contribution in [3.8, 4) is 23.0 Å². The van der Waals surface area contributed by atoms with E-state index in [0.717, 1.165) is 11.3 Å². The van der Waals surface area contributed by atoms with Crippen LogP contribution in [0.1, 0.15) is 23.7 Å². The second kappa shape index (κ2) is 10.4. The van der Waals surface area contributed by atoms with Crippen molar-refractivity contribution in [3.63, 3.8) is 0 Å². The molecule has 2 unspecified atom stereocenters. The molecule has 3 rings (SSSR count). The highest BCUT2D eigenvalue weighted by atomic mass is 16.5. The minimum Gasteiger partial charge on any atom is -0.496 e. The van der Waals surface area contributed by atoms with Gasteiger partial charge in [-0.15, -0.1) is 0 Å². The van der Waals surface area contributed by atoms with Gasteiger partial charge in [0.05, 0.1) is 28.4 Å². The van der Waals surface area contributed by atoms with Crippen molar-refractivity contribution >= 4 is 5.91 Å². The van der Waals surface area contributed by atoms with Crippen LogP contribution in [-0.2, 0) is 11.3 Å². The number of hydrazine groups is 1. The Hall–Kier alpha value is -3.24. The highest BCUT2D eigenvalue weighted by molar-refractivity contribution is 5.82. The summed E-state index contributed by atoms with van der Waals surface area (Å²) in [5.41, 5.74) is 7.69. The van der Waals surface area contributed by atoms with Crippen LogP contribution in [-0.4, -0.2) is 51.5 Å². The summed E-state index contributed by atoms with van der Waals surface area (Å²) in [4.78, 5) is 24.9. The fourth-order valence-corrected chi connectivity index (χ4v) is 3.77. The summed E-state index contributed by atoms with van der Waals surface area (Å²) < 4.78 is 22.9. The van der Waals surface area contributed by atoms with Gasteiger partial charge in [-0.2, -0.15) is 0 Å². The average molecular weight is 447 g/mol. The van der Waals surface area contributed by atoms with E-state index in [2.05, 4.69) is 16.2 Å². The number of hydrogen-bond donors (Lipinski definition) is 3. The van der Waals surface area contributed by atoms with Gasteiger partial charge in [0.2, 0.25) is 11.7 Å². The molecule has 0 radical (unpaired) electrons. The number of rotatable bonds is 9. The Balaban J connectivity index is 1.60. The number of methoxy groups -OCH3 is 4. The molecule has 3 N–H and O–H groups in total. The van der Waals surface area contributed by atoms with Crippen LogP contribution < -0.4 is 40.7 Å². The van der Waals surface area contributed by atoms with Crippen molar-refractivity contribution in [1.29, 1.82) is 0 Å². The molecule has 1 aromatic heterocycles. The Labute approximate surface area is 186 Å². The number of hydrogen-bond acceptors (Lipinski definition) is 8. The van der Waals surface area contributed by atoms with Crippen LogP contribution in [0.15, 0.2) is 29.1 Å². The van der Waals surface area contributed by atoms with Gasteiger partial charge in [0.15, 0.2) is 11.5 Å². The van der Waals surface area contributed by atoms with Gasteiger partial charge in [-0.1, -0.05) is 0 Å². The van der Waals surface area contributed by atoms with E-state index in [1.165, 1.54) is 13.2 Å². The van der Waals surface area contributed by atoms with Crippen LogP contribution >= 0.6 is 0 Å². The molecule has 0 spiro atoms. The molecule has 0 aliphatic carbocycles. The zero-order chi connectivity index (χ0) is 23.3. The van der Waals surface area contributed by atoms with E-state index < -0.39 is 6.04 Å². The molecule has 1 fully saturated rings. The molecular weight excluding hydrogens is 416 g/mol. The van der Waals surface area contributed by atoms with Gasteiger partial charge >= 0.3 is 0 Å². The lowest BCUT2D eigenvalue weighted by Gasteiger charge is -2.17. The fourth-order valence-electron chi connectivity index (χ4n) is 3.77. The molecule has 32 heavy (non-hydrogen) atoms. The molecule has 1 saturated heterocycles. The molecule has 174 valence electrons. The van der Waals surface area contributed by atoms with E-state index in [1.807, 2.05) is 19.1 Å². The highest BCUT2D eigenvalue weighted by Crippen LogP contribution is 2.40. The number of carbonyl (C=O) groups is 1. The normalized spacial score (nSPS) is 17.7. The lowest BCUT2D eigenvalue weighted by molar-refractivity contribution is -0.122. The van der Waals surface area contributed by atoms with Gasteiger partial charge in [0.25, 0.3) is 5.56 Å². The predicted octanol–water partition coefficient (Wildman–Crippen LogP) is 0.915. The lowest BCUT2D eigenvalue weighted by atomic mass is 10.0. The maximum absolute atomic E-state index is 12.6. The van der Waals surface area contributed by atoms with E-state index in [4.69, 9.17) is 18.9 Å². The third-order valence-electron chi connectivity index (χ3n) is 5.49. The van der Waals surface area contributed by atoms with Crippen LogP contribution in [0.25, 0.3) is 0 Å². The van der Waals surface area contributed by atoms with E-state index in [9.17, 15) is 9.59 Å². The van der Waals surface area contributed by atoms with Crippen LogP contribution in [0.4, 0.5) is 0 Å². The number of nitrogens with zero attached hydrogens (tertiary/aromatic N) is 1. The smallest absolute Gasteiger partial charge is 0.254 e. The minimum absolute atomic E-state index is 0.120. The van der Waals surface area contributed by atoms with E-state index in [0.29, 0.717) is 42.5 Å². The van der Waals surface area contributed by atoms with Gasteiger partial charge < -0.3 is 28.8 Å². The Morgan fingerprint density at radius 3 is 2.28 bits per heavy atom. The topological polar surface area (TPSA) is 112 Å². The summed E-state index contributed by atoms with van der Waals surface area (Å²) in [7, 11) is 6.20. The Bertz CT molecular complexity index is 997. The molecule has 1 aliphatic heterocycles. The maximum Gasteiger partial charge on any atom is 0.254 e. The van der Waals surface area contributed by atoms with E-state index in [1.54, 1.807) is 32.0 Å². The van der Waals surface area contributed by atoms with Crippen molar-refractivity contribution in [2.45, 2.75) is 32.0 Å². The van der Waals surface area contributed by atoms with Crippen LogP contribution in [0.5, 0.6) is 23.0 Å². The molecule has 10 heteroatoms. The molecule has 0 saturated carbocycles. The first-order chi connectivity index (χ1) is 15.4. The number of benzene rings is 1. The standard InChI is InChI=1S/C22H30N4O6/c1-13-8-15(29-2)11-20(27)26(13)7-6-23-22(28)17-12-16(24-25-17)14-9-18(30-3)21(32-5)19(10-14)31-4/h8-11,16-17,24-25H,6-7,12H2,1-5H3,(H,23,28). The number of ether oxygens (including phenoxy) is 4. The second-order valence-corrected chi connectivity index (χ2v) is 7.41. The van der Waals surface area contributed by atoms with Gasteiger partial charge in [-0.3, -0.25) is 9.59 Å². The van der Waals surface area contributed by atoms with Crippen molar-refractivity contribution in [2.24, 2.45) is 0 Å². The number of amides is 1. The monoisotopic (exact) mass is 446 g/mol. The first kappa shape index (κ1) is 23.4. The summed E-state index contributed by atoms with van der Waals surface area (Å²) in [5.74, 6) is 2.00. The number of pyridine rings is 1. The highest BCUT2D eigenvalue weighted by Gasteiger charge is 2.31. The molecule has 2 atom stereocenters. The summed E-state index contributed by atoms with van der Waals surface area (Å²) in [5, 5.41) is 2.89. The fraction of sp³-hybridized carbons (Fsp3) is 0.455. The van der Waals surface area contributed by atoms with Crippen LogP contribution in [0, 0.1) is 6.92 Å². The third-order valence-corrected chi connectivity index (χ3v) is 5.49. The van der Waals surface area contributed by atoms with Crippen LogP contribution in [0.2, 0.25) is 0 Å². The SMILES string of the molecule is COc1cc(C)n(CCNC(=O)C2CC(c3cc(OC)c(OC)c(OC)c3)NN2)c(=O)c1. The molecule has 1 amide bonds. The number of carbonyl (C=O) groups excluding carboxylic acids is 1. The third kappa shape index (κ3) is 4.97. The zero-order valence-electron chi connectivity index (χ0n) is 19.0. The summed E-state index contributed by atoms with van der Waals surface area (Å²) >= 11 is 0. The Kier molecular flexibility index (Phi) is 7.60. The quantitative estimate of drug-likeness (QED) is 0.521. The molecule has 2 heterocycles.